The minimum absolute atomic E-state index is 0.281. The topological polar surface area (TPSA) is 55.8 Å². The van der Waals surface area contributed by atoms with Gasteiger partial charge in [0.05, 0.1) is 6.54 Å². The SMILES string of the molecule is CN1C[C@H]2CN(C(=O)CN3CCN(c4ncccn4)CC3)C[C@H]2[C@@H]1c1ccccc1. The van der Waals surface area contributed by atoms with Crippen LogP contribution in [0.2, 0.25) is 0 Å². The third-order valence-electron chi connectivity index (χ3n) is 6.95. The predicted molar refractivity (Wildman–Crippen MR) is 116 cm³/mol. The Morgan fingerprint density at radius 1 is 0.967 bits per heavy atom. The first-order valence-electron chi connectivity index (χ1n) is 11.0. The molecule has 158 valence electrons. The lowest BCUT2D eigenvalue weighted by molar-refractivity contribution is -0.131. The first kappa shape index (κ1) is 19.5. The van der Waals surface area contributed by atoms with Crippen molar-refractivity contribution < 1.29 is 4.79 Å². The molecule has 0 radical (unpaired) electrons. The molecule has 3 aliphatic rings. The van der Waals surface area contributed by atoms with Crippen molar-refractivity contribution in [3.8, 4) is 0 Å². The van der Waals surface area contributed by atoms with Crippen LogP contribution in [0.1, 0.15) is 11.6 Å². The number of amides is 1. The summed E-state index contributed by atoms with van der Waals surface area (Å²) >= 11 is 0. The summed E-state index contributed by atoms with van der Waals surface area (Å²) in [7, 11) is 2.22. The lowest BCUT2D eigenvalue weighted by Crippen LogP contribution is -2.50. The zero-order chi connectivity index (χ0) is 20.5. The van der Waals surface area contributed by atoms with E-state index in [-0.39, 0.29) is 5.91 Å². The zero-order valence-electron chi connectivity index (χ0n) is 17.6. The number of carbonyl (C=O) groups is 1. The fourth-order valence-electron chi connectivity index (χ4n) is 5.46. The molecule has 0 saturated carbocycles. The lowest BCUT2D eigenvalue weighted by atomic mass is 9.90. The summed E-state index contributed by atoms with van der Waals surface area (Å²) in [5.74, 6) is 2.18. The zero-order valence-corrected chi connectivity index (χ0v) is 17.6. The van der Waals surface area contributed by atoms with Crippen molar-refractivity contribution >= 4 is 11.9 Å². The van der Waals surface area contributed by atoms with Gasteiger partial charge in [0, 0.05) is 70.2 Å². The summed E-state index contributed by atoms with van der Waals surface area (Å²) in [6.45, 7) is 6.85. The van der Waals surface area contributed by atoms with Crippen LogP contribution in [0.25, 0.3) is 0 Å². The molecule has 3 atom stereocenters. The third kappa shape index (κ3) is 3.79. The summed E-state index contributed by atoms with van der Waals surface area (Å²) in [5.41, 5.74) is 1.38. The minimum Gasteiger partial charge on any atom is -0.341 e. The van der Waals surface area contributed by atoms with Crippen LogP contribution in [0.3, 0.4) is 0 Å². The lowest BCUT2D eigenvalue weighted by Gasteiger charge is -2.35. The number of benzene rings is 1. The molecule has 5 rings (SSSR count). The van der Waals surface area contributed by atoms with Gasteiger partial charge in [-0.25, -0.2) is 9.97 Å². The summed E-state index contributed by atoms with van der Waals surface area (Å²) in [6, 6.07) is 13.0. The number of hydrogen-bond donors (Lipinski definition) is 0. The van der Waals surface area contributed by atoms with Crippen LogP contribution in [0.5, 0.6) is 0 Å². The number of rotatable bonds is 4. The molecule has 0 spiro atoms. The summed E-state index contributed by atoms with van der Waals surface area (Å²) in [6.07, 6.45) is 3.56. The van der Waals surface area contributed by atoms with Gasteiger partial charge in [-0.3, -0.25) is 14.6 Å². The van der Waals surface area contributed by atoms with Crippen LogP contribution in [0, 0.1) is 11.8 Å². The summed E-state index contributed by atoms with van der Waals surface area (Å²) in [5, 5.41) is 0. The van der Waals surface area contributed by atoms with E-state index >= 15 is 0 Å². The molecule has 0 unspecified atom stereocenters. The van der Waals surface area contributed by atoms with Crippen molar-refractivity contribution in [2.45, 2.75) is 6.04 Å². The summed E-state index contributed by atoms with van der Waals surface area (Å²) < 4.78 is 0. The van der Waals surface area contributed by atoms with Gasteiger partial charge in [-0.1, -0.05) is 30.3 Å². The smallest absolute Gasteiger partial charge is 0.236 e. The quantitative estimate of drug-likeness (QED) is 0.764. The van der Waals surface area contributed by atoms with Crippen LogP contribution in [0.4, 0.5) is 5.95 Å². The molecule has 3 saturated heterocycles. The van der Waals surface area contributed by atoms with E-state index in [0.717, 1.165) is 51.8 Å². The number of likely N-dealkylation sites (tertiary alicyclic amines) is 2. The van der Waals surface area contributed by atoms with Crippen molar-refractivity contribution in [1.29, 1.82) is 0 Å². The van der Waals surface area contributed by atoms with E-state index in [9.17, 15) is 4.79 Å². The molecule has 0 N–H and O–H groups in total. The molecular weight excluding hydrogens is 376 g/mol. The standard InChI is InChI=1S/C23H30N6O/c1-26-14-19-15-29(16-20(19)22(26)18-6-3-2-4-7-18)21(30)17-27-10-12-28(13-11-27)23-24-8-5-9-25-23/h2-9,19-20,22H,10-17H2,1H3/t19-,20+,22-/m0/s1. The normalized spacial score (nSPS) is 27.4. The molecular formula is C23H30N6O. The summed E-state index contributed by atoms with van der Waals surface area (Å²) in [4.78, 5) is 30.8. The monoisotopic (exact) mass is 406 g/mol. The molecule has 1 aromatic heterocycles. The highest BCUT2D eigenvalue weighted by Gasteiger charge is 2.47. The maximum absolute atomic E-state index is 13.1. The average Bonchev–Trinajstić information content (AvgIpc) is 3.32. The number of hydrogen-bond acceptors (Lipinski definition) is 6. The molecule has 7 nitrogen and oxygen atoms in total. The van der Waals surface area contributed by atoms with Gasteiger partial charge in [-0.15, -0.1) is 0 Å². The molecule has 2 aromatic rings. The average molecular weight is 407 g/mol. The fraction of sp³-hybridized carbons (Fsp3) is 0.522. The highest BCUT2D eigenvalue weighted by atomic mass is 16.2. The molecule has 1 aromatic carbocycles. The maximum atomic E-state index is 13.1. The Morgan fingerprint density at radius 3 is 2.43 bits per heavy atom. The van der Waals surface area contributed by atoms with Crippen LogP contribution in [0.15, 0.2) is 48.8 Å². The van der Waals surface area contributed by atoms with Gasteiger partial charge in [0.2, 0.25) is 11.9 Å². The van der Waals surface area contributed by atoms with E-state index in [1.165, 1.54) is 5.56 Å². The molecule has 0 aliphatic carbocycles. The van der Waals surface area contributed by atoms with E-state index in [1.54, 1.807) is 12.4 Å². The van der Waals surface area contributed by atoms with Crippen molar-refractivity contribution in [3.63, 3.8) is 0 Å². The number of fused-ring (bicyclic) bond motifs is 1. The van der Waals surface area contributed by atoms with Gasteiger partial charge >= 0.3 is 0 Å². The Balaban J connectivity index is 1.16. The van der Waals surface area contributed by atoms with Crippen molar-refractivity contribution in [1.82, 2.24) is 24.7 Å². The van der Waals surface area contributed by atoms with Gasteiger partial charge in [0.25, 0.3) is 0 Å². The predicted octanol–water partition coefficient (Wildman–Crippen LogP) is 1.36. The minimum atomic E-state index is 0.281. The third-order valence-corrected chi connectivity index (χ3v) is 6.95. The van der Waals surface area contributed by atoms with E-state index in [1.807, 2.05) is 6.07 Å². The largest absolute Gasteiger partial charge is 0.341 e. The Morgan fingerprint density at radius 2 is 1.70 bits per heavy atom. The second-order valence-corrected chi connectivity index (χ2v) is 8.83. The number of nitrogens with zero attached hydrogens (tertiary/aromatic N) is 6. The van der Waals surface area contributed by atoms with Crippen molar-refractivity contribution in [2.75, 3.05) is 64.3 Å². The van der Waals surface area contributed by atoms with Crippen molar-refractivity contribution in [3.05, 3.63) is 54.4 Å². The number of anilines is 1. The van der Waals surface area contributed by atoms with Crippen LogP contribution < -0.4 is 4.90 Å². The van der Waals surface area contributed by atoms with E-state index in [2.05, 4.69) is 66.9 Å². The first-order chi connectivity index (χ1) is 14.7. The molecule has 3 fully saturated rings. The van der Waals surface area contributed by atoms with Crippen LogP contribution in [-0.4, -0.2) is 90.0 Å². The number of carbonyl (C=O) groups excluding carboxylic acids is 1. The van der Waals surface area contributed by atoms with Crippen LogP contribution in [-0.2, 0) is 4.79 Å². The Kier molecular flexibility index (Phi) is 5.39. The highest BCUT2D eigenvalue weighted by molar-refractivity contribution is 5.78. The molecule has 7 heteroatoms. The Hall–Kier alpha value is -2.51. The fourth-order valence-corrected chi connectivity index (χ4v) is 5.46. The highest BCUT2D eigenvalue weighted by Crippen LogP contribution is 2.43. The van der Waals surface area contributed by atoms with Gasteiger partial charge in [0.1, 0.15) is 0 Å². The second-order valence-electron chi connectivity index (χ2n) is 8.83. The molecule has 30 heavy (non-hydrogen) atoms. The Labute approximate surface area is 178 Å². The van der Waals surface area contributed by atoms with E-state index in [0.29, 0.717) is 24.4 Å². The number of aromatic nitrogens is 2. The molecule has 3 aliphatic heterocycles. The molecule has 4 heterocycles. The van der Waals surface area contributed by atoms with E-state index < -0.39 is 0 Å². The maximum Gasteiger partial charge on any atom is 0.236 e. The van der Waals surface area contributed by atoms with Gasteiger partial charge in [-0.05, 0) is 24.6 Å². The second kappa shape index (κ2) is 8.32. The van der Waals surface area contributed by atoms with Crippen LogP contribution >= 0.6 is 0 Å². The Bertz CT molecular complexity index is 855. The molecule has 1 amide bonds. The first-order valence-corrected chi connectivity index (χ1v) is 11.0. The van der Waals surface area contributed by atoms with Gasteiger partial charge in [0.15, 0.2) is 0 Å². The van der Waals surface area contributed by atoms with Crippen molar-refractivity contribution in [2.24, 2.45) is 11.8 Å². The van der Waals surface area contributed by atoms with Gasteiger partial charge in [-0.2, -0.15) is 0 Å². The van der Waals surface area contributed by atoms with E-state index in [4.69, 9.17) is 0 Å². The molecule has 0 bridgehead atoms. The number of piperazine rings is 1. The van der Waals surface area contributed by atoms with Gasteiger partial charge < -0.3 is 9.80 Å².